The smallest absolute Gasteiger partial charge is 0.224 e. The fourth-order valence-electron chi connectivity index (χ4n) is 4.22. The SMILES string of the molecule is Cc1ccccc1[C@@H]1CC(=O)CC[C@H]1C(=O)NC(c1ccc(Cl)cc1)C(C)C. The van der Waals surface area contributed by atoms with Crippen LogP contribution in [0.5, 0.6) is 0 Å². The van der Waals surface area contributed by atoms with Gasteiger partial charge >= 0.3 is 0 Å². The van der Waals surface area contributed by atoms with Crippen LogP contribution in [-0.4, -0.2) is 11.7 Å². The Bertz CT molecular complexity index is 844. The first kappa shape index (κ1) is 20.6. The van der Waals surface area contributed by atoms with Crippen LogP contribution in [0, 0.1) is 18.8 Å². The zero-order valence-corrected chi connectivity index (χ0v) is 17.5. The van der Waals surface area contributed by atoms with E-state index in [1.54, 1.807) is 0 Å². The maximum Gasteiger partial charge on any atom is 0.224 e. The minimum absolute atomic E-state index is 0.0365. The summed E-state index contributed by atoms with van der Waals surface area (Å²) >= 11 is 6.02. The summed E-state index contributed by atoms with van der Waals surface area (Å²) in [6, 6.07) is 15.6. The highest BCUT2D eigenvalue weighted by Crippen LogP contribution is 2.38. The maximum atomic E-state index is 13.3. The summed E-state index contributed by atoms with van der Waals surface area (Å²) in [6.45, 7) is 6.25. The van der Waals surface area contributed by atoms with Crippen LogP contribution in [0.3, 0.4) is 0 Å². The quantitative estimate of drug-likeness (QED) is 0.712. The van der Waals surface area contributed by atoms with Gasteiger partial charge < -0.3 is 5.32 Å². The van der Waals surface area contributed by atoms with Gasteiger partial charge in [0.2, 0.25) is 5.91 Å². The van der Waals surface area contributed by atoms with Crippen LogP contribution in [-0.2, 0) is 9.59 Å². The van der Waals surface area contributed by atoms with E-state index in [2.05, 4.69) is 25.2 Å². The van der Waals surface area contributed by atoms with E-state index in [-0.39, 0.29) is 35.5 Å². The molecule has 1 aliphatic rings. The minimum Gasteiger partial charge on any atom is -0.349 e. The fourth-order valence-corrected chi connectivity index (χ4v) is 4.34. The van der Waals surface area contributed by atoms with Crippen molar-refractivity contribution in [3.05, 3.63) is 70.2 Å². The number of rotatable bonds is 5. The second-order valence-corrected chi connectivity index (χ2v) is 8.57. The van der Waals surface area contributed by atoms with E-state index in [0.29, 0.717) is 24.3 Å². The Morgan fingerprint density at radius 1 is 1.11 bits per heavy atom. The third-order valence-electron chi connectivity index (χ3n) is 5.79. The zero-order chi connectivity index (χ0) is 20.3. The monoisotopic (exact) mass is 397 g/mol. The second kappa shape index (κ2) is 8.91. The predicted octanol–water partition coefficient (Wildman–Crippen LogP) is 5.61. The fraction of sp³-hybridized carbons (Fsp3) is 0.417. The molecule has 3 nitrogen and oxygen atoms in total. The number of hydrogen-bond acceptors (Lipinski definition) is 2. The lowest BCUT2D eigenvalue weighted by Gasteiger charge is -2.33. The van der Waals surface area contributed by atoms with Crippen LogP contribution < -0.4 is 5.32 Å². The third-order valence-corrected chi connectivity index (χ3v) is 6.04. The van der Waals surface area contributed by atoms with Crippen LogP contribution in [0.15, 0.2) is 48.5 Å². The van der Waals surface area contributed by atoms with Gasteiger partial charge in [0, 0.05) is 29.7 Å². The van der Waals surface area contributed by atoms with Gasteiger partial charge in [-0.1, -0.05) is 61.8 Å². The third kappa shape index (κ3) is 4.64. The lowest BCUT2D eigenvalue weighted by molar-refractivity contribution is -0.130. The molecule has 2 aromatic carbocycles. The van der Waals surface area contributed by atoms with Crippen molar-refractivity contribution < 1.29 is 9.59 Å². The molecule has 0 aliphatic heterocycles. The molecule has 0 radical (unpaired) electrons. The minimum atomic E-state index is -0.188. The number of aryl methyl sites for hydroxylation is 1. The lowest BCUT2D eigenvalue weighted by atomic mass is 9.73. The van der Waals surface area contributed by atoms with E-state index in [4.69, 9.17) is 11.6 Å². The highest BCUT2D eigenvalue weighted by atomic mass is 35.5. The molecule has 28 heavy (non-hydrogen) atoms. The van der Waals surface area contributed by atoms with Crippen molar-refractivity contribution >= 4 is 23.3 Å². The number of amides is 1. The molecule has 1 amide bonds. The van der Waals surface area contributed by atoms with Crippen LogP contribution in [0.2, 0.25) is 5.02 Å². The van der Waals surface area contributed by atoms with E-state index in [0.717, 1.165) is 16.7 Å². The number of carbonyl (C=O) groups is 2. The summed E-state index contributed by atoms with van der Waals surface area (Å²) < 4.78 is 0. The molecule has 0 bridgehead atoms. The Morgan fingerprint density at radius 2 is 1.79 bits per heavy atom. The number of ketones is 1. The van der Waals surface area contributed by atoms with E-state index in [1.807, 2.05) is 49.4 Å². The second-order valence-electron chi connectivity index (χ2n) is 8.13. The summed E-state index contributed by atoms with van der Waals surface area (Å²) in [5.41, 5.74) is 3.30. The Kier molecular flexibility index (Phi) is 6.56. The first-order valence-corrected chi connectivity index (χ1v) is 10.4. The molecule has 1 unspecified atom stereocenters. The molecule has 0 aromatic heterocycles. The molecule has 3 atom stereocenters. The molecule has 0 heterocycles. The van der Waals surface area contributed by atoms with E-state index < -0.39 is 0 Å². The number of benzene rings is 2. The molecule has 1 fully saturated rings. The van der Waals surface area contributed by atoms with E-state index >= 15 is 0 Å². The van der Waals surface area contributed by atoms with Gasteiger partial charge in [-0.2, -0.15) is 0 Å². The van der Waals surface area contributed by atoms with Crippen LogP contribution >= 0.6 is 11.6 Å². The zero-order valence-electron chi connectivity index (χ0n) is 16.7. The van der Waals surface area contributed by atoms with Crippen LogP contribution in [0.4, 0.5) is 0 Å². The van der Waals surface area contributed by atoms with Gasteiger partial charge in [-0.25, -0.2) is 0 Å². The van der Waals surface area contributed by atoms with E-state index in [1.165, 1.54) is 0 Å². The molecule has 148 valence electrons. The van der Waals surface area contributed by atoms with Gasteiger partial charge in [0.15, 0.2) is 0 Å². The molecule has 2 aromatic rings. The first-order chi connectivity index (χ1) is 13.4. The summed E-state index contributed by atoms with van der Waals surface area (Å²) in [4.78, 5) is 25.5. The Labute approximate surface area is 172 Å². The number of hydrogen-bond donors (Lipinski definition) is 1. The predicted molar refractivity (Wildman–Crippen MR) is 113 cm³/mol. The normalized spacial score (nSPS) is 20.8. The van der Waals surface area contributed by atoms with Gasteiger partial charge in [0.1, 0.15) is 5.78 Å². The van der Waals surface area contributed by atoms with Crippen molar-refractivity contribution in [2.45, 2.75) is 52.0 Å². The van der Waals surface area contributed by atoms with Gasteiger partial charge in [0.05, 0.1) is 6.04 Å². The summed E-state index contributed by atoms with van der Waals surface area (Å²) in [6.07, 6.45) is 1.53. The van der Waals surface area contributed by atoms with Crippen LogP contribution in [0.25, 0.3) is 0 Å². The number of carbonyl (C=O) groups excluding carboxylic acids is 2. The summed E-state index contributed by atoms with van der Waals surface area (Å²) in [5, 5.41) is 3.95. The summed E-state index contributed by atoms with van der Waals surface area (Å²) in [7, 11) is 0. The van der Waals surface area contributed by atoms with Crippen molar-refractivity contribution in [1.29, 1.82) is 0 Å². The first-order valence-electron chi connectivity index (χ1n) is 10.00. The number of nitrogens with one attached hydrogen (secondary N) is 1. The molecule has 3 rings (SSSR count). The summed E-state index contributed by atoms with van der Waals surface area (Å²) in [5.74, 6) is 0.282. The van der Waals surface area contributed by atoms with Gasteiger partial charge in [-0.3, -0.25) is 9.59 Å². The average Bonchev–Trinajstić information content (AvgIpc) is 2.67. The molecule has 1 N–H and O–H groups in total. The van der Waals surface area contributed by atoms with Crippen molar-refractivity contribution in [1.82, 2.24) is 5.32 Å². The molecule has 4 heteroatoms. The van der Waals surface area contributed by atoms with Crippen molar-refractivity contribution in [3.8, 4) is 0 Å². The van der Waals surface area contributed by atoms with Crippen molar-refractivity contribution in [2.24, 2.45) is 11.8 Å². The van der Waals surface area contributed by atoms with Gasteiger partial charge in [-0.15, -0.1) is 0 Å². The molecule has 1 saturated carbocycles. The van der Waals surface area contributed by atoms with Gasteiger partial charge in [0.25, 0.3) is 0 Å². The molecule has 0 spiro atoms. The molecule has 1 aliphatic carbocycles. The Balaban J connectivity index is 1.84. The molecular formula is C24H28ClNO2. The Hall–Kier alpha value is -2.13. The highest BCUT2D eigenvalue weighted by Gasteiger charge is 2.37. The lowest BCUT2D eigenvalue weighted by Crippen LogP contribution is -2.41. The highest BCUT2D eigenvalue weighted by molar-refractivity contribution is 6.30. The largest absolute Gasteiger partial charge is 0.349 e. The molecule has 0 saturated heterocycles. The van der Waals surface area contributed by atoms with Crippen molar-refractivity contribution in [3.63, 3.8) is 0 Å². The number of Topliss-reactive ketones (excluding diaryl/α,β-unsaturated/α-hetero) is 1. The van der Waals surface area contributed by atoms with E-state index in [9.17, 15) is 9.59 Å². The molecular weight excluding hydrogens is 370 g/mol. The average molecular weight is 398 g/mol. The number of halogens is 1. The topological polar surface area (TPSA) is 46.2 Å². The Morgan fingerprint density at radius 3 is 2.43 bits per heavy atom. The maximum absolute atomic E-state index is 13.3. The standard InChI is InChI=1S/C24H28ClNO2/c1-15(2)23(17-8-10-18(25)11-9-17)26-24(28)21-13-12-19(27)14-22(21)20-7-5-4-6-16(20)3/h4-11,15,21-23H,12-14H2,1-3H3,(H,26,28)/t21-,22+,23?/m1/s1. The van der Waals surface area contributed by atoms with Gasteiger partial charge in [-0.05, 0) is 48.1 Å². The van der Waals surface area contributed by atoms with Crippen molar-refractivity contribution in [2.75, 3.05) is 0 Å². The van der Waals surface area contributed by atoms with Crippen LogP contribution in [0.1, 0.15) is 61.8 Å².